The summed E-state index contributed by atoms with van der Waals surface area (Å²) in [7, 11) is -3.50. The molecule has 0 amide bonds. The number of sulfone groups is 1. The van der Waals surface area contributed by atoms with Crippen LogP contribution in [0.5, 0.6) is 0 Å². The number of hydrogen-bond acceptors (Lipinski definition) is 3. The van der Waals surface area contributed by atoms with Crippen LogP contribution in [0.25, 0.3) is 0 Å². The summed E-state index contributed by atoms with van der Waals surface area (Å²) in [5, 5.41) is 9.10. The van der Waals surface area contributed by atoms with E-state index in [0.29, 0.717) is 5.02 Å². The van der Waals surface area contributed by atoms with Gasteiger partial charge in [0.2, 0.25) is 0 Å². The Morgan fingerprint density at radius 3 is 2.38 bits per heavy atom. The molecule has 0 bridgehead atoms. The summed E-state index contributed by atoms with van der Waals surface area (Å²) < 4.78 is 25.3. The summed E-state index contributed by atoms with van der Waals surface area (Å²) in [5.41, 5.74) is 0.804. The van der Waals surface area contributed by atoms with E-state index in [1.54, 1.807) is 48.5 Å². The molecule has 0 saturated heterocycles. The number of nitrogens with zero attached hydrogens (tertiary/aromatic N) is 1. The molecular formula is C16H12ClNO2S. The predicted molar refractivity (Wildman–Crippen MR) is 80.7 cm³/mol. The molecule has 0 unspecified atom stereocenters. The summed E-state index contributed by atoms with van der Waals surface area (Å²) in [6.07, 6.45) is 0. The van der Waals surface area contributed by atoms with Gasteiger partial charge < -0.3 is 0 Å². The highest BCUT2D eigenvalue weighted by Gasteiger charge is 2.59. The second-order valence-electron chi connectivity index (χ2n) is 5.06. The molecule has 1 aliphatic carbocycles. The molecule has 1 fully saturated rings. The summed E-state index contributed by atoms with van der Waals surface area (Å²) in [6, 6.07) is 17.4. The SMILES string of the molecule is N#C[C@@H]1[C@H](c2cccc(Cl)c2)[C@H]1S(=O)(=O)c1ccccc1. The molecule has 0 aliphatic heterocycles. The molecule has 0 spiro atoms. The Bertz CT molecular complexity index is 812. The predicted octanol–water partition coefficient (Wildman–Crippen LogP) is 3.42. The fourth-order valence-electron chi connectivity index (χ4n) is 2.70. The first-order chi connectivity index (χ1) is 10.1. The Hall–Kier alpha value is -1.83. The minimum absolute atomic E-state index is 0.264. The van der Waals surface area contributed by atoms with Crippen molar-refractivity contribution in [1.29, 1.82) is 5.26 Å². The van der Waals surface area contributed by atoms with Gasteiger partial charge in [0.1, 0.15) is 0 Å². The van der Waals surface area contributed by atoms with Crippen LogP contribution in [-0.2, 0) is 9.84 Å². The summed E-state index contributed by atoms with van der Waals surface area (Å²) >= 11 is 5.95. The van der Waals surface area contributed by atoms with E-state index in [2.05, 4.69) is 6.07 Å². The maximum absolute atomic E-state index is 12.6. The van der Waals surface area contributed by atoms with Crippen LogP contribution in [0.1, 0.15) is 11.5 Å². The van der Waals surface area contributed by atoms with Gasteiger partial charge in [0.15, 0.2) is 9.84 Å². The highest BCUT2D eigenvalue weighted by Crippen LogP contribution is 2.53. The molecule has 1 saturated carbocycles. The van der Waals surface area contributed by atoms with Gasteiger partial charge in [-0.1, -0.05) is 41.9 Å². The van der Waals surface area contributed by atoms with E-state index in [9.17, 15) is 13.7 Å². The van der Waals surface area contributed by atoms with Gasteiger partial charge in [0, 0.05) is 10.9 Å². The Morgan fingerprint density at radius 2 is 1.76 bits per heavy atom. The van der Waals surface area contributed by atoms with E-state index in [-0.39, 0.29) is 10.8 Å². The Labute approximate surface area is 128 Å². The van der Waals surface area contributed by atoms with E-state index < -0.39 is 21.0 Å². The molecule has 0 heterocycles. The zero-order valence-corrected chi connectivity index (χ0v) is 12.6. The molecule has 2 aromatic rings. The van der Waals surface area contributed by atoms with E-state index in [1.807, 2.05) is 6.07 Å². The lowest BCUT2D eigenvalue weighted by Crippen LogP contribution is -2.10. The van der Waals surface area contributed by atoms with E-state index in [4.69, 9.17) is 11.6 Å². The number of hydrogen-bond donors (Lipinski definition) is 0. The molecular weight excluding hydrogens is 306 g/mol. The van der Waals surface area contributed by atoms with Gasteiger partial charge in [0.05, 0.1) is 22.1 Å². The van der Waals surface area contributed by atoms with Crippen molar-refractivity contribution in [3.05, 3.63) is 65.2 Å². The Morgan fingerprint density at radius 1 is 1.05 bits per heavy atom. The van der Waals surface area contributed by atoms with Crippen LogP contribution in [0.2, 0.25) is 5.02 Å². The Balaban J connectivity index is 1.99. The molecule has 3 atom stereocenters. The molecule has 106 valence electrons. The molecule has 21 heavy (non-hydrogen) atoms. The van der Waals surface area contributed by atoms with Crippen molar-refractivity contribution >= 4 is 21.4 Å². The minimum atomic E-state index is -3.50. The van der Waals surface area contributed by atoms with Crippen molar-refractivity contribution in [2.24, 2.45) is 5.92 Å². The lowest BCUT2D eigenvalue weighted by Gasteiger charge is -2.04. The van der Waals surface area contributed by atoms with E-state index in [1.165, 1.54) is 0 Å². The van der Waals surface area contributed by atoms with Crippen LogP contribution >= 0.6 is 11.6 Å². The zero-order chi connectivity index (χ0) is 15.0. The largest absolute Gasteiger partial charge is 0.223 e. The minimum Gasteiger partial charge on any atom is -0.223 e. The third-order valence-corrected chi connectivity index (χ3v) is 6.23. The highest BCUT2D eigenvalue weighted by molar-refractivity contribution is 7.92. The van der Waals surface area contributed by atoms with Crippen LogP contribution in [0.3, 0.4) is 0 Å². The number of rotatable bonds is 3. The van der Waals surface area contributed by atoms with Crippen molar-refractivity contribution in [1.82, 2.24) is 0 Å². The van der Waals surface area contributed by atoms with Crippen molar-refractivity contribution in [3.63, 3.8) is 0 Å². The highest BCUT2D eigenvalue weighted by atomic mass is 35.5. The summed E-state index contributed by atoms with van der Waals surface area (Å²) in [6.45, 7) is 0. The van der Waals surface area contributed by atoms with Crippen molar-refractivity contribution in [2.45, 2.75) is 16.1 Å². The average molecular weight is 318 g/mol. The second-order valence-corrected chi connectivity index (χ2v) is 7.60. The second kappa shape index (κ2) is 5.18. The summed E-state index contributed by atoms with van der Waals surface area (Å²) in [5.74, 6) is -0.826. The topological polar surface area (TPSA) is 57.9 Å². The fourth-order valence-corrected chi connectivity index (χ4v) is 4.99. The third kappa shape index (κ3) is 2.44. The number of nitriles is 1. The zero-order valence-electron chi connectivity index (χ0n) is 11.0. The number of benzene rings is 2. The van der Waals surface area contributed by atoms with Crippen LogP contribution in [-0.4, -0.2) is 13.7 Å². The standard InChI is InChI=1S/C16H12ClNO2S/c17-12-6-4-5-11(9-12)15-14(10-18)16(15)21(19,20)13-7-2-1-3-8-13/h1-9,14-16H/t14-,15+,16+/m1/s1. The fraction of sp³-hybridized carbons (Fsp3) is 0.188. The molecule has 2 aromatic carbocycles. The molecule has 3 rings (SSSR count). The van der Waals surface area contributed by atoms with Gasteiger partial charge in [-0.25, -0.2) is 8.42 Å². The van der Waals surface area contributed by atoms with E-state index in [0.717, 1.165) is 5.56 Å². The third-order valence-electron chi connectivity index (χ3n) is 3.77. The average Bonchev–Trinajstić information content (AvgIpc) is 3.23. The van der Waals surface area contributed by atoms with Crippen LogP contribution in [0.15, 0.2) is 59.5 Å². The molecule has 0 radical (unpaired) electrons. The number of halogens is 1. The first-order valence-corrected chi connectivity index (χ1v) is 8.42. The van der Waals surface area contributed by atoms with Gasteiger partial charge in [-0.3, -0.25) is 0 Å². The quantitative estimate of drug-likeness (QED) is 0.871. The first-order valence-electron chi connectivity index (χ1n) is 6.50. The molecule has 0 aromatic heterocycles. The van der Waals surface area contributed by atoms with Gasteiger partial charge in [-0.2, -0.15) is 5.26 Å². The Kier molecular flexibility index (Phi) is 3.48. The smallest absolute Gasteiger partial charge is 0.183 e. The molecule has 1 aliphatic rings. The van der Waals surface area contributed by atoms with Gasteiger partial charge >= 0.3 is 0 Å². The lowest BCUT2D eigenvalue weighted by molar-refractivity contribution is 0.593. The molecule has 5 heteroatoms. The molecule has 3 nitrogen and oxygen atoms in total. The monoisotopic (exact) mass is 317 g/mol. The van der Waals surface area contributed by atoms with E-state index >= 15 is 0 Å². The molecule has 0 N–H and O–H groups in total. The van der Waals surface area contributed by atoms with Gasteiger partial charge in [0.25, 0.3) is 0 Å². The summed E-state index contributed by atoms with van der Waals surface area (Å²) in [4.78, 5) is 0.264. The van der Waals surface area contributed by atoms with Crippen LogP contribution < -0.4 is 0 Å². The normalized spacial score (nSPS) is 24.3. The lowest BCUT2D eigenvalue weighted by atomic mass is 10.1. The van der Waals surface area contributed by atoms with Crippen molar-refractivity contribution < 1.29 is 8.42 Å². The van der Waals surface area contributed by atoms with Crippen molar-refractivity contribution in [3.8, 4) is 6.07 Å². The first kappa shape index (κ1) is 14.1. The maximum Gasteiger partial charge on any atom is 0.183 e. The van der Waals surface area contributed by atoms with Crippen LogP contribution in [0.4, 0.5) is 0 Å². The maximum atomic E-state index is 12.6. The van der Waals surface area contributed by atoms with Crippen LogP contribution in [0, 0.1) is 17.2 Å². The van der Waals surface area contributed by atoms with Gasteiger partial charge in [-0.15, -0.1) is 0 Å². The van der Waals surface area contributed by atoms with Crippen molar-refractivity contribution in [2.75, 3.05) is 0 Å². The van der Waals surface area contributed by atoms with Gasteiger partial charge in [-0.05, 0) is 29.8 Å².